The second kappa shape index (κ2) is 7.46. The molecule has 0 aromatic heterocycles. The van der Waals surface area contributed by atoms with Crippen LogP contribution in [0.15, 0.2) is 24.3 Å². The average Bonchev–Trinajstić information content (AvgIpc) is 2.86. The van der Waals surface area contributed by atoms with E-state index in [-0.39, 0.29) is 24.2 Å². The molecule has 2 rings (SSSR count). The highest BCUT2D eigenvalue weighted by atomic mass is 35.5. The number of nitrogens with zero attached hydrogens (tertiary/aromatic N) is 1. The number of hydrogen-bond acceptors (Lipinski definition) is 2. The lowest BCUT2D eigenvalue weighted by atomic mass is 10.1. The van der Waals surface area contributed by atoms with Crippen LogP contribution in [0.5, 0.6) is 0 Å². The predicted molar refractivity (Wildman–Crippen MR) is 84.4 cm³/mol. The Morgan fingerprint density at radius 2 is 2.05 bits per heavy atom. The van der Waals surface area contributed by atoms with Gasteiger partial charge >= 0.3 is 0 Å². The van der Waals surface area contributed by atoms with Crippen LogP contribution in [-0.4, -0.2) is 24.9 Å². The van der Waals surface area contributed by atoms with Gasteiger partial charge in [0.15, 0.2) is 0 Å². The zero-order valence-electron chi connectivity index (χ0n) is 12.3. The van der Waals surface area contributed by atoms with E-state index >= 15 is 0 Å². The summed E-state index contributed by atoms with van der Waals surface area (Å²) < 4.78 is 0. The first-order valence-corrected chi connectivity index (χ1v) is 7.83. The smallest absolute Gasteiger partial charge is 0.227 e. The number of anilines is 1. The van der Waals surface area contributed by atoms with Crippen LogP contribution in [0.4, 0.5) is 5.69 Å². The first kappa shape index (κ1) is 15.8. The molecule has 5 heteroatoms. The third-order valence-corrected chi connectivity index (χ3v) is 3.97. The summed E-state index contributed by atoms with van der Waals surface area (Å²) in [4.78, 5) is 25.8. The number of amides is 2. The van der Waals surface area contributed by atoms with Gasteiger partial charge in [-0.05, 0) is 30.7 Å². The fraction of sp³-hybridized carbons (Fsp3) is 0.500. The largest absolute Gasteiger partial charge is 0.356 e. The summed E-state index contributed by atoms with van der Waals surface area (Å²) in [5, 5.41) is 3.56. The summed E-state index contributed by atoms with van der Waals surface area (Å²) in [6.07, 6.45) is 3.51. The van der Waals surface area contributed by atoms with Gasteiger partial charge in [-0.2, -0.15) is 0 Å². The fourth-order valence-electron chi connectivity index (χ4n) is 2.48. The van der Waals surface area contributed by atoms with Crippen molar-refractivity contribution in [2.45, 2.75) is 32.6 Å². The fourth-order valence-corrected chi connectivity index (χ4v) is 2.61. The Kier molecular flexibility index (Phi) is 5.62. The Labute approximate surface area is 130 Å². The summed E-state index contributed by atoms with van der Waals surface area (Å²) in [6.45, 7) is 3.26. The van der Waals surface area contributed by atoms with Crippen molar-refractivity contribution < 1.29 is 9.59 Å². The highest BCUT2D eigenvalue weighted by Crippen LogP contribution is 2.26. The van der Waals surface area contributed by atoms with Gasteiger partial charge in [0.05, 0.1) is 5.92 Å². The molecule has 1 atom stereocenters. The highest BCUT2D eigenvalue weighted by molar-refractivity contribution is 6.30. The molecular formula is C16H21ClN2O2. The molecule has 0 saturated carbocycles. The summed E-state index contributed by atoms with van der Waals surface area (Å²) in [6, 6.07) is 7.12. The lowest BCUT2D eigenvalue weighted by Crippen LogP contribution is -2.33. The van der Waals surface area contributed by atoms with Gasteiger partial charge in [0.1, 0.15) is 0 Å². The number of hydrogen-bond donors (Lipinski definition) is 1. The van der Waals surface area contributed by atoms with Crippen LogP contribution in [0.25, 0.3) is 0 Å². The van der Waals surface area contributed by atoms with Crippen molar-refractivity contribution in [3.05, 3.63) is 29.3 Å². The van der Waals surface area contributed by atoms with Crippen LogP contribution in [-0.2, 0) is 9.59 Å². The molecule has 1 N–H and O–H groups in total. The molecule has 0 spiro atoms. The van der Waals surface area contributed by atoms with Crippen molar-refractivity contribution in [1.82, 2.24) is 5.32 Å². The number of carbonyl (C=O) groups is 2. The van der Waals surface area contributed by atoms with E-state index in [1.165, 1.54) is 0 Å². The summed E-state index contributed by atoms with van der Waals surface area (Å²) in [5.41, 5.74) is 0.797. The van der Waals surface area contributed by atoms with Crippen molar-refractivity contribution in [1.29, 1.82) is 0 Å². The van der Waals surface area contributed by atoms with Gasteiger partial charge in [-0.3, -0.25) is 9.59 Å². The Balaban J connectivity index is 1.90. The van der Waals surface area contributed by atoms with Crippen molar-refractivity contribution >= 4 is 29.1 Å². The quantitative estimate of drug-likeness (QED) is 0.821. The Hall–Kier alpha value is -1.55. The number of benzene rings is 1. The minimum absolute atomic E-state index is 0.00830. The van der Waals surface area contributed by atoms with E-state index < -0.39 is 0 Å². The van der Waals surface area contributed by atoms with Crippen LogP contribution in [0.2, 0.25) is 5.02 Å². The summed E-state index contributed by atoms with van der Waals surface area (Å²) in [5.74, 6) is -0.281. The third kappa shape index (κ3) is 4.21. The Morgan fingerprint density at radius 1 is 1.33 bits per heavy atom. The van der Waals surface area contributed by atoms with Crippen LogP contribution in [0.3, 0.4) is 0 Å². The molecule has 1 heterocycles. The van der Waals surface area contributed by atoms with Crippen molar-refractivity contribution in [3.8, 4) is 0 Å². The van der Waals surface area contributed by atoms with Crippen molar-refractivity contribution in [2.75, 3.05) is 18.0 Å². The Morgan fingerprint density at radius 3 is 2.71 bits per heavy atom. The lowest BCUT2D eigenvalue weighted by Gasteiger charge is -2.16. The SMILES string of the molecule is CCCCCNC(=O)[C@H]1CC(=O)N(c2ccc(Cl)cc2)C1. The minimum Gasteiger partial charge on any atom is -0.356 e. The molecule has 21 heavy (non-hydrogen) atoms. The molecule has 4 nitrogen and oxygen atoms in total. The van der Waals surface area contributed by atoms with E-state index in [4.69, 9.17) is 11.6 Å². The highest BCUT2D eigenvalue weighted by Gasteiger charge is 2.34. The van der Waals surface area contributed by atoms with Gasteiger partial charge in [0.25, 0.3) is 0 Å². The normalized spacial score (nSPS) is 18.1. The van der Waals surface area contributed by atoms with Crippen LogP contribution in [0.1, 0.15) is 32.6 Å². The van der Waals surface area contributed by atoms with E-state index in [9.17, 15) is 9.59 Å². The van der Waals surface area contributed by atoms with Crippen LogP contribution < -0.4 is 10.2 Å². The molecular weight excluding hydrogens is 288 g/mol. The van der Waals surface area contributed by atoms with E-state index in [0.717, 1.165) is 24.9 Å². The molecule has 1 aromatic rings. The number of nitrogens with one attached hydrogen (secondary N) is 1. The molecule has 1 fully saturated rings. The Bertz CT molecular complexity index is 502. The van der Waals surface area contributed by atoms with Gasteiger partial charge < -0.3 is 10.2 Å². The molecule has 114 valence electrons. The molecule has 1 aliphatic rings. The van der Waals surface area contributed by atoms with Crippen LogP contribution >= 0.6 is 11.6 Å². The minimum atomic E-state index is -0.255. The maximum atomic E-state index is 12.1. The molecule has 0 bridgehead atoms. The maximum Gasteiger partial charge on any atom is 0.227 e. The number of carbonyl (C=O) groups excluding carboxylic acids is 2. The molecule has 0 unspecified atom stereocenters. The maximum absolute atomic E-state index is 12.1. The van der Waals surface area contributed by atoms with Crippen LogP contribution in [0, 0.1) is 5.92 Å². The summed E-state index contributed by atoms with van der Waals surface area (Å²) >= 11 is 5.85. The van der Waals surface area contributed by atoms with Gasteiger partial charge in [-0.15, -0.1) is 0 Å². The van der Waals surface area contributed by atoms with E-state index in [1.54, 1.807) is 17.0 Å². The first-order chi connectivity index (χ1) is 10.1. The van der Waals surface area contributed by atoms with Gasteiger partial charge in [0, 0.05) is 30.2 Å². The molecule has 1 aliphatic heterocycles. The van der Waals surface area contributed by atoms with Gasteiger partial charge in [-0.25, -0.2) is 0 Å². The number of halogens is 1. The second-order valence-electron chi connectivity index (χ2n) is 5.38. The van der Waals surface area contributed by atoms with E-state index in [2.05, 4.69) is 12.2 Å². The van der Waals surface area contributed by atoms with Crippen molar-refractivity contribution in [2.24, 2.45) is 5.92 Å². The molecule has 0 radical (unpaired) electrons. The monoisotopic (exact) mass is 308 g/mol. The molecule has 2 amide bonds. The zero-order valence-corrected chi connectivity index (χ0v) is 13.0. The van der Waals surface area contributed by atoms with Crippen molar-refractivity contribution in [3.63, 3.8) is 0 Å². The summed E-state index contributed by atoms with van der Waals surface area (Å²) in [7, 11) is 0. The van der Waals surface area contributed by atoms with E-state index in [0.29, 0.717) is 18.1 Å². The lowest BCUT2D eigenvalue weighted by molar-refractivity contribution is -0.126. The number of unbranched alkanes of at least 4 members (excludes halogenated alkanes) is 2. The van der Waals surface area contributed by atoms with Gasteiger partial charge in [0.2, 0.25) is 11.8 Å². The standard InChI is InChI=1S/C16H21ClN2O2/c1-2-3-4-9-18-16(21)12-10-15(20)19(11-12)14-7-5-13(17)6-8-14/h5-8,12H,2-4,9-11H2,1H3,(H,18,21)/t12-/m0/s1. The number of rotatable bonds is 6. The topological polar surface area (TPSA) is 49.4 Å². The van der Waals surface area contributed by atoms with Gasteiger partial charge in [-0.1, -0.05) is 31.4 Å². The average molecular weight is 309 g/mol. The first-order valence-electron chi connectivity index (χ1n) is 7.45. The third-order valence-electron chi connectivity index (χ3n) is 3.71. The molecule has 0 aliphatic carbocycles. The second-order valence-corrected chi connectivity index (χ2v) is 5.82. The predicted octanol–water partition coefficient (Wildman–Crippen LogP) is 3.00. The van der Waals surface area contributed by atoms with E-state index in [1.807, 2.05) is 12.1 Å². The zero-order chi connectivity index (χ0) is 15.2. The molecule has 1 saturated heterocycles. The molecule has 1 aromatic carbocycles.